The van der Waals surface area contributed by atoms with Crippen LogP contribution in [0.4, 0.5) is 0 Å². The maximum Gasteiger partial charge on any atom is 0.150 e. The molecule has 13 heavy (non-hydrogen) atoms. The van der Waals surface area contributed by atoms with Gasteiger partial charge in [0.2, 0.25) is 0 Å². The maximum absolute atomic E-state index is 11.1. The lowest BCUT2D eigenvalue weighted by atomic mass is 10.0. The minimum atomic E-state index is -2.70. The van der Waals surface area contributed by atoms with Gasteiger partial charge in [0.1, 0.15) is 0 Å². The Morgan fingerprint density at radius 2 is 2.31 bits per heavy atom. The van der Waals surface area contributed by atoms with E-state index in [1.54, 1.807) is 0 Å². The fourth-order valence-electron chi connectivity index (χ4n) is 1.64. The van der Waals surface area contributed by atoms with Gasteiger partial charge in [-0.1, -0.05) is 6.58 Å². The highest BCUT2D eigenvalue weighted by atomic mass is 32.2. The summed E-state index contributed by atoms with van der Waals surface area (Å²) < 4.78 is 27.1. The summed E-state index contributed by atoms with van der Waals surface area (Å²) in [6, 6.07) is 0. The molecule has 1 atom stereocenters. The van der Waals surface area contributed by atoms with E-state index in [4.69, 9.17) is 4.74 Å². The lowest BCUT2D eigenvalue weighted by molar-refractivity contribution is 0.236. The lowest BCUT2D eigenvalue weighted by Gasteiger charge is -2.06. The number of sulfone groups is 1. The van der Waals surface area contributed by atoms with E-state index in [2.05, 4.69) is 6.58 Å². The van der Waals surface area contributed by atoms with Crippen LogP contribution in [0, 0.1) is 5.92 Å². The zero-order chi connectivity index (χ0) is 9.73. The second-order valence-corrected chi connectivity index (χ2v) is 5.68. The number of hydrogen-bond acceptors (Lipinski definition) is 3. The zero-order valence-electron chi connectivity index (χ0n) is 7.74. The molecule has 0 bridgehead atoms. The highest BCUT2D eigenvalue weighted by molar-refractivity contribution is 7.91. The van der Waals surface area contributed by atoms with Gasteiger partial charge in [-0.15, -0.1) is 0 Å². The van der Waals surface area contributed by atoms with Crippen LogP contribution < -0.4 is 0 Å². The summed E-state index contributed by atoms with van der Waals surface area (Å²) in [6.07, 6.45) is 4.13. The van der Waals surface area contributed by atoms with Gasteiger partial charge in [0.25, 0.3) is 0 Å². The average Bonchev–Trinajstić information content (AvgIpc) is 2.40. The van der Waals surface area contributed by atoms with Gasteiger partial charge < -0.3 is 4.74 Å². The van der Waals surface area contributed by atoms with Crippen molar-refractivity contribution in [3.63, 3.8) is 0 Å². The van der Waals surface area contributed by atoms with E-state index < -0.39 is 9.84 Å². The second kappa shape index (κ2) is 4.65. The first kappa shape index (κ1) is 10.6. The number of ether oxygens (including phenoxy) is 1. The SMILES string of the molecule is C=COCCCC1CCS(=O)(=O)C1. The van der Waals surface area contributed by atoms with Crippen molar-refractivity contribution in [2.24, 2.45) is 5.92 Å². The van der Waals surface area contributed by atoms with Gasteiger partial charge in [0.15, 0.2) is 9.84 Å². The van der Waals surface area contributed by atoms with Crippen molar-refractivity contribution in [3.05, 3.63) is 12.8 Å². The molecule has 1 aliphatic rings. The van der Waals surface area contributed by atoms with Crippen molar-refractivity contribution < 1.29 is 13.2 Å². The first-order chi connectivity index (χ1) is 6.14. The Labute approximate surface area is 79.7 Å². The summed E-state index contributed by atoms with van der Waals surface area (Å²) in [4.78, 5) is 0. The van der Waals surface area contributed by atoms with Crippen LogP contribution in [0.2, 0.25) is 0 Å². The molecule has 3 nitrogen and oxygen atoms in total. The van der Waals surface area contributed by atoms with Crippen molar-refractivity contribution >= 4 is 9.84 Å². The number of hydrogen-bond donors (Lipinski definition) is 0. The van der Waals surface area contributed by atoms with Gasteiger partial charge in [0, 0.05) is 0 Å². The fourth-order valence-corrected chi connectivity index (χ4v) is 3.55. The van der Waals surface area contributed by atoms with E-state index in [-0.39, 0.29) is 0 Å². The molecule has 0 spiro atoms. The highest BCUT2D eigenvalue weighted by Gasteiger charge is 2.26. The molecule has 0 radical (unpaired) electrons. The summed E-state index contributed by atoms with van der Waals surface area (Å²) in [6.45, 7) is 4.09. The molecule has 0 aliphatic carbocycles. The maximum atomic E-state index is 11.1. The van der Waals surface area contributed by atoms with Crippen molar-refractivity contribution in [2.45, 2.75) is 19.3 Å². The molecular formula is C9H16O3S. The topological polar surface area (TPSA) is 43.4 Å². The summed E-state index contributed by atoms with van der Waals surface area (Å²) in [7, 11) is -2.70. The Bertz CT molecular complexity index is 256. The lowest BCUT2D eigenvalue weighted by Crippen LogP contribution is -2.05. The average molecular weight is 204 g/mol. The number of rotatable bonds is 5. The molecule has 1 unspecified atom stereocenters. The zero-order valence-corrected chi connectivity index (χ0v) is 8.55. The van der Waals surface area contributed by atoms with E-state index >= 15 is 0 Å². The summed E-state index contributed by atoms with van der Waals surface area (Å²) in [5.41, 5.74) is 0. The first-order valence-corrected chi connectivity index (χ1v) is 6.39. The quantitative estimate of drug-likeness (QED) is 0.501. The van der Waals surface area contributed by atoms with E-state index in [0.717, 1.165) is 19.3 Å². The predicted octanol–water partition coefficient (Wildman–Crippen LogP) is 1.36. The largest absolute Gasteiger partial charge is 0.502 e. The van der Waals surface area contributed by atoms with Crippen molar-refractivity contribution in [3.8, 4) is 0 Å². The van der Waals surface area contributed by atoms with Gasteiger partial charge >= 0.3 is 0 Å². The Hall–Kier alpha value is -0.510. The minimum Gasteiger partial charge on any atom is -0.502 e. The molecule has 0 saturated carbocycles. The molecule has 0 N–H and O–H groups in total. The van der Waals surface area contributed by atoms with Crippen LogP contribution in [0.5, 0.6) is 0 Å². The smallest absolute Gasteiger partial charge is 0.150 e. The Kier molecular flexibility index (Phi) is 3.78. The molecule has 0 aromatic carbocycles. The molecular weight excluding hydrogens is 188 g/mol. The van der Waals surface area contributed by atoms with Crippen LogP contribution >= 0.6 is 0 Å². The Morgan fingerprint density at radius 3 is 2.85 bits per heavy atom. The van der Waals surface area contributed by atoms with Crippen LogP contribution in [-0.2, 0) is 14.6 Å². The standard InChI is InChI=1S/C9H16O3S/c1-2-12-6-3-4-9-5-7-13(10,11)8-9/h2,9H,1,3-8H2. The molecule has 0 aromatic rings. The van der Waals surface area contributed by atoms with Gasteiger partial charge in [0.05, 0.1) is 24.4 Å². The summed E-state index contributed by atoms with van der Waals surface area (Å²) >= 11 is 0. The molecule has 1 heterocycles. The van der Waals surface area contributed by atoms with Crippen molar-refractivity contribution in [1.82, 2.24) is 0 Å². The monoisotopic (exact) mass is 204 g/mol. The van der Waals surface area contributed by atoms with Crippen LogP contribution in [0.25, 0.3) is 0 Å². The van der Waals surface area contributed by atoms with Gasteiger partial charge in [-0.05, 0) is 25.2 Å². The van der Waals surface area contributed by atoms with E-state index in [0.29, 0.717) is 24.0 Å². The third-order valence-electron chi connectivity index (χ3n) is 2.32. The normalized spacial score (nSPS) is 25.7. The highest BCUT2D eigenvalue weighted by Crippen LogP contribution is 2.22. The molecule has 1 fully saturated rings. The van der Waals surface area contributed by atoms with Crippen molar-refractivity contribution in [1.29, 1.82) is 0 Å². The second-order valence-electron chi connectivity index (χ2n) is 3.45. The van der Waals surface area contributed by atoms with Crippen LogP contribution in [-0.4, -0.2) is 26.5 Å². The molecule has 0 amide bonds. The van der Waals surface area contributed by atoms with E-state index in [1.807, 2.05) is 0 Å². The van der Waals surface area contributed by atoms with Gasteiger partial charge in [-0.3, -0.25) is 0 Å². The predicted molar refractivity (Wildman–Crippen MR) is 52.1 cm³/mol. The van der Waals surface area contributed by atoms with Crippen LogP contribution in [0.3, 0.4) is 0 Å². The van der Waals surface area contributed by atoms with E-state index in [1.165, 1.54) is 6.26 Å². The molecule has 1 aliphatic heterocycles. The molecule has 1 rings (SSSR count). The molecule has 76 valence electrons. The van der Waals surface area contributed by atoms with Gasteiger partial charge in [-0.2, -0.15) is 0 Å². The van der Waals surface area contributed by atoms with Crippen LogP contribution in [0.1, 0.15) is 19.3 Å². The van der Waals surface area contributed by atoms with Crippen molar-refractivity contribution in [2.75, 3.05) is 18.1 Å². The Balaban J connectivity index is 2.14. The first-order valence-electron chi connectivity index (χ1n) is 4.57. The summed E-state index contributed by atoms with van der Waals surface area (Å²) in [5.74, 6) is 1.11. The molecule has 0 aromatic heterocycles. The molecule has 1 saturated heterocycles. The molecule has 4 heteroatoms. The third-order valence-corrected chi connectivity index (χ3v) is 4.16. The summed E-state index contributed by atoms with van der Waals surface area (Å²) in [5, 5.41) is 0. The third kappa shape index (κ3) is 3.81. The van der Waals surface area contributed by atoms with E-state index in [9.17, 15) is 8.42 Å². The van der Waals surface area contributed by atoms with Crippen LogP contribution in [0.15, 0.2) is 12.8 Å². The minimum absolute atomic E-state index is 0.360. The Morgan fingerprint density at radius 1 is 1.54 bits per heavy atom. The fraction of sp³-hybridized carbons (Fsp3) is 0.778. The van der Waals surface area contributed by atoms with Gasteiger partial charge in [-0.25, -0.2) is 8.42 Å².